The molecule has 2 aromatic carbocycles. The predicted molar refractivity (Wildman–Crippen MR) is 107 cm³/mol. The van der Waals surface area contributed by atoms with Gasteiger partial charge in [0.15, 0.2) is 0 Å². The Labute approximate surface area is 163 Å². The number of aliphatic imine (C=N–C) groups is 2. The molecule has 2 rings (SSSR count). The van der Waals surface area contributed by atoms with Crippen molar-refractivity contribution in [3.8, 4) is 0 Å². The van der Waals surface area contributed by atoms with Gasteiger partial charge in [-0.15, -0.1) is 0 Å². The van der Waals surface area contributed by atoms with Crippen LogP contribution in [0, 0.1) is 20.8 Å². The first kappa shape index (κ1) is 19.3. The van der Waals surface area contributed by atoms with Crippen molar-refractivity contribution in [2.75, 3.05) is 17.3 Å². The topological polar surface area (TPSA) is 40.0 Å². The molecule has 0 saturated carbocycles. The maximum absolute atomic E-state index is 5.75. The zero-order valence-corrected chi connectivity index (χ0v) is 18.3. The van der Waals surface area contributed by atoms with Gasteiger partial charge in [-0.1, -0.05) is 7.40 Å². The van der Waals surface area contributed by atoms with Crippen molar-refractivity contribution in [2.45, 2.75) is 28.2 Å². The van der Waals surface area contributed by atoms with Crippen LogP contribution in [0.5, 0.6) is 0 Å². The van der Waals surface area contributed by atoms with E-state index in [0.29, 0.717) is 5.96 Å². The third-order valence-corrected chi connectivity index (χ3v) is 5.15. The molecular weight excluding hydrogens is 480 g/mol. The molecule has 0 atom stereocenters. The van der Waals surface area contributed by atoms with Gasteiger partial charge in [0.2, 0.25) is 0 Å². The van der Waals surface area contributed by atoms with Gasteiger partial charge in [-0.05, 0) is 0 Å². The first-order chi connectivity index (χ1) is 12.4. The van der Waals surface area contributed by atoms with Gasteiger partial charge < -0.3 is 0 Å². The first-order valence-electron chi connectivity index (χ1n) is 8.59. The fourth-order valence-corrected chi connectivity index (χ4v) is 2.92. The zero-order chi connectivity index (χ0) is 19.7. The minimum absolute atomic E-state index is 0.397. The van der Waals surface area contributed by atoms with E-state index in [1.165, 1.54) is 37.9 Å². The Morgan fingerprint density at radius 2 is 1.72 bits per heavy atom. The molecule has 0 saturated heterocycles. The van der Waals surface area contributed by atoms with Crippen LogP contribution in [-0.2, 0) is 19.4 Å². The van der Waals surface area contributed by atoms with E-state index in [4.69, 9.17) is 8.09 Å². The third-order valence-electron chi connectivity index (χ3n) is 3.84. The predicted octanol–water partition coefficient (Wildman–Crippen LogP) is 4.36. The van der Waals surface area contributed by atoms with Gasteiger partial charge in [-0.3, -0.25) is 0 Å². The molecule has 0 unspecified atom stereocenters. The first-order valence-corrected chi connectivity index (χ1v) is 9.06. The molecule has 5 heteroatoms. The molecule has 0 radical (unpaired) electrons. The summed E-state index contributed by atoms with van der Waals surface area (Å²) in [5.74, 6) is 0.397. The molecule has 132 valence electrons. The van der Waals surface area contributed by atoms with Crippen molar-refractivity contribution >= 4 is 28.2 Å². The normalized spacial score (nSPS) is 10.9. The molecule has 0 bridgehead atoms. The van der Waals surface area contributed by atoms with Crippen LogP contribution in [0.4, 0.5) is 11.4 Å². The van der Waals surface area contributed by atoms with E-state index in [1.54, 1.807) is 0 Å². The number of nitrogens with zero attached hydrogens (tertiary/aromatic N) is 3. The second kappa shape index (κ2) is 9.43. The number of guanidine groups is 1. The molecule has 0 aromatic heterocycles. The molecule has 4 nitrogen and oxygen atoms in total. The standard InChI is InChI=1S/C19H21N4.CH4.W/c1-14-11-16(3)18(12-15(14)2)22-19(20-4)21-13-23(5)17-9-7-6-8-10-17;;/h4,6-12H,1-3,5H3,(H,21,22);1H4;/q-1;;/i;1D;. The van der Waals surface area contributed by atoms with Crippen LogP contribution in [-0.4, -0.2) is 23.9 Å². The van der Waals surface area contributed by atoms with Crippen LogP contribution in [0.1, 0.15) is 25.5 Å². The fraction of sp³-hybridized carbons (Fsp3) is 0.250. The molecular formula is C20H25N4W-. The van der Waals surface area contributed by atoms with Crippen LogP contribution in [0.15, 0.2) is 52.4 Å². The summed E-state index contributed by atoms with van der Waals surface area (Å²) in [6.07, 6.45) is 0. The fourth-order valence-electron chi connectivity index (χ4n) is 2.23. The molecule has 2 aromatic rings. The van der Waals surface area contributed by atoms with Gasteiger partial charge in [-0.2, -0.15) is 0 Å². The molecule has 0 fully saturated rings. The van der Waals surface area contributed by atoms with Crippen molar-refractivity contribution in [1.29, 1.82) is 0 Å². The van der Waals surface area contributed by atoms with Crippen LogP contribution >= 0.6 is 0 Å². The van der Waals surface area contributed by atoms with Crippen LogP contribution in [0.2, 0.25) is 0 Å². The van der Waals surface area contributed by atoms with E-state index >= 15 is 0 Å². The summed E-state index contributed by atoms with van der Waals surface area (Å²) < 4.78 is 6.62. The number of aryl methyl sites for hydroxylation is 3. The Morgan fingerprint density at radius 3 is 2.32 bits per heavy atom. The zero-order valence-electron chi connectivity index (χ0n) is 16.4. The van der Waals surface area contributed by atoms with E-state index < -0.39 is 0 Å². The van der Waals surface area contributed by atoms with Gasteiger partial charge in [0, 0.05) is 1.37 Å². The van der Waals surface area contributed by atoms with E-state index in [9.17, 15) is 0 Å². The van der Waals surface area contributed by atoms with Crippen molar-refractivity contribution in [3.63, 3.8) is 0 Å². The van der Waals surface area contributed by atoms with Crippen LogP contribution in [0.3, 0.4) is 0 Å². The van der Waals surface area contributed by atoms with E-state index in [2.05, 4.69) is 48.2 Å². The Kier molecular flexibility index (Phi) is 7.27. The summed E-state index contributed by atoms with van der Waals surface area (Å²) in [5, 5.41) is 3.23. The monoisotopic (exact) mass is 506 g/mol. The second-order valence-electron chi connectivity index (χ2n) is 5.62. The molecule has 0 spiro atoms. The maximum atomic E-state index is 5.75. The molecule has 1 N–H and O–H groups in total. The van der Waals surface area contributed by atoms with Crippen molar-refractivity contribution in [1.82, 2.24) is 0 Å². The number of nitrogens with one attached hydrogen (secondary N) is 1. The summed E-state index contributed by atoms with van der Waals surface area (Å²) in [6, 6.07) is 14.3. The summed E-state index contributed by atoms with van der Waals surface area (Å²) in [6.45, 7) is 11.8. The Morgan fingerprint density at radius 1 is 1.12 bits per heavy atom. The minimum atomic E-state index is 0.397. The molecule has 0 amide bonds. The number of hydrogen-bond acceptors (Lipinski definition) is 2. The van der Waals surface area contributed by atoms with Gasteiger partial charge >= 0.3 is 155 Å². The van der Waals surface area contributed by atoms with Gasteiger partial charge in [0.1, 0.15) is 0 Å². The van der Waals surface area contributed by atoms with Crippen molar-refractivity contribution in [3.05, 3.63) is 59.2 Å². The average molecular weight is 506 g/mol. The quantitative estimate of drug-likeness (QED) is 0.381. The second-order valence-corrected chi connectivity index (χ2v) is 6.93. The third kappa shape index (κ3) is 5.47. The van der Waals surface area contributed by atoms with Gasteiger partial charge in [0.25, 0.3) is 0 Å². The van der Waals surface area contributed by atoms with Crippen molar-refractivity contribution in [2.24, 2.45) is 9.98 Å². The van der Waals surface area contributed by atoms with E-state index in [-0.39, 0.29) is 0 Å². The SMILES string of the molecule is [2H]C.[CH-]=NC(=N[C](=[W])N(C)c1ccccc1)Nc1cc(C)c(C)cc1C. The van der Waals surface area contributed by atoms with Gasteiger partial charge in [-0.25, -0.2) is 0 Å². The number of benzene rings is 2. The molecule has 0 aliphatic carbocycles. The Balaban J connectivity index is 0.00000163. The molecule has 0 heterocycles. The Hall–Kier alpha value is -2.06. The number of rotatable bonds is 4. The van der Waals surface area contributed by atoms with Crippen LogP contribution < -0.4 is 10.2 Å². The summed E-state index contributed by atoms with van der Waals surface area (Å²) >= 11 is 1.23. The summed E-state index contributed by atoms with van der Waals surface area (Å²) in [7, 11) is 3.23. The van der Waals surface area contributed by atoms with Crippen molar-refractivity contribution < 1.29 is 20.7 Å². The summed E-state index contributed by atoms with van der Waals surface area (Å²) in [4.78, 5) is 10.4. The molecule has 25 heavy (non-hydrogen) atoms. The van der Waals surface area contributed by atoms with Crippen LogP contribution in [0.25, 0.3) is 0 Å². The number of para-hydroxylation sites is 1. The average Bonchev–Trinajstić information content (AvgIpc) is 2.66. The van der Waals surface area contributed by atoms with E-state index in [0.717, 1.165) is 21.1 Å². The van der Waals surface area contributed by atoms with Gasteiger partial charge in [0.05, 0.1) is 0 Å². The number of anilines is 2. The van der Waals surface area contributed by atoms with E-state index in [1.807, 2.05) is 42.3 Å². The number of hydrogen-bond donors (Lipinski definition) is 1. The Bertz CT molecular complexity index is 788. The molecule has 0 aliphatic rings. The molecule has 0 aliphatic heterocycles. The summed E-state index contributed by atoms with van der Waals surface area (Å²) in [5.41, 5.74) is 5.65.